The molecule has 0 aromatic heterocycles. The van der Waals surface area contributed by atoms with Crippen LogP contribution < -0.4 is 0 Å². The van der Waals surface area contributed by atoms with Gasteiger partial charge in [-0.3, -0.25) is 9.28 Å². The van der Waals surface area contributed by atoms with Gasteiger partial charge in [0, 0.05) is 0 Å². The molecule has 0 aliphatic carbocycles. The van der Waals surface area contributed by atoms with E-state index in [0.717, 1.165) is 6.42 Å². The number of hydrogen-bond donors (Lipinski definition) is 0. The molecule has 0 aliphatic heterocycles. The third kappa shape index (κ3) is 4.88. The summed E-state index contributed by atoms with van der Waals surface area (Å²) in [6.07, 6.45) is 0.809. The van der Waals surface area contributed by atoms with Crippen molar-refractivity contribution in [1.29, 1.82) is 0 Å². The number of hydrogen-bond acceptors (Lipinski definition) is 2. The van der Waals surface area contributed by atoms with Gasteiger partial charge in [0.05, 0.1) is 26.6 Å². The van der Waals surface area contributed by atoms with Gasteiger partial charge in [-0.25, -0.2) is 0 Å². The molecule has 0 aromatic carbocycles. The van der Waals surface area contributed by atoms with E-state index in [0.29, 0.717) is 11.2 Å². The first kappa shape index (κ1) is 12.4. The maximum Gasteiger partial charge on any atom is 0.315 e. The van der Waals surface area contributed by atoms with Crippen molar-refractivity contribution in [2.75, 3.05) is 27.9 Å². The monoisotopic (exact) mass is 188 g/mol. The van der Waals surface area contributed by atoms with Gasteiger partial charge in [0.25, 0.3) is 0 Å². The predicted molar refractivity (Wildman–Crippen MR) is 53.1 cm³/mol. The van der Waals surface area contributed by atoms with Gasteiger partial charge in [0.15, 0.2) is 0 Å². The van der Waals surface area contributed by atoms with Crippen LogP contribution in [0.3, 0.4) is 0 Å². The topological polar surface area (TPSA) is 26.3 Å². The van der Waals surface area contributed by atoms with Crippen molar-refractivity contribution in [2.45, 2.75) is 27.2 Å². The van der Waals surface area contributed by atoms with Crippen LogP contribution in [0.2, 0.25) is 0 Å². The van der Waals surface area contributed by atoms with Crippen molar-refractivity contribution < 1.29 is 14.0 Å². The van der Waals surface area contributed by atoms with Crippen molar-refractivity contribution in [2.24, 2.45) is 5.41 Å². The molecular formula is C10H22NO2+. The second-order valence-electron chi connectivity index (χ2n) is 5.09. The van der Waals surface area contributed by atoms with Crippen molar-refractivity contribution >= 4 is 5.97 Å². The first-order valence-electron chi connectivity index (χ1n) is 4.67. The minimum atomic E-state index is -0.352. The Kier molecular flexibility index (Phi) is 3.91. The Balaban J connectivity index is 4.03. The van der Waals surface area contributed by atoms with E-state index in [2.05, 4.69) is 0 Å². The van der Waals surface area contributed by atoms with Gasteiger partial charge in [-0.05, 0) is 20.3 Å². The molecule has 0 amide bonds. The molecule has 0 N–H and O–H groups in total. The molecule has 0 fully saturated rings. The maximum atomic E-state index is 11.5. The predicted octanol–water partition coefficient (Wildman–Crippen LogP) is 1.63. The smallest absolute Gasteiger partial charge is 0.315 e. The lowest BCUT2D eigenvalue weighted by Gasteiger charge is -2.26. The van der Waals surface area contributed by atoms with E-state index in [4.69, 9.17) is 4.74 Å². The third-order valence-electron chi connectivity index (χ3n) is 2.02. The van der Waals surface area contributed by atoms with Crippen molar-refractivity contribution in [3.05, 3.63) is 0 Å². The lowest BCUT2D eigenvalue weighted by molar-refractivity contribution is -0.888. The van der Waals surface area contributed by atoms with Crippen LogP contribution in [0.4, 0.5) is 0 Å². The molecule has 0 atom stereocenters. The summed E-state index contributed by atoms with van der Waals surface area (Å²) >= 11 is 0. The molecule has 0 unspecified atom stereocenters. The molecule has 0 saturated carbocycles. The number of ether oxygens (including phenoxy) is 1. The van der Waals surface area contributed by atoms with Crippen LogP contribution in [0.5, 0.6) is 0 Å². The molecule has 0 spiro atoms. The number of esters is 1. The Labute approximate surface area is 81.3 Å². The molecular weight excluding hydrogens is 166 g/mol. The van der Waals surface area contributed by atoms with Crippen LogP contribution in [0.15, 0.2) is 0 Å². The molecule has 0 saturated heterocycles. The van der Waals surface area contributed by atoms with E-state index in [1.807, 2.05) is 41.9 Å². The first-order chi connectivity index (χ1) is 5.69. The van der Waals surface area contributed by atoms with E-state index >= 15 is 0 Å². The van der Waals surface area contributed by atoms with Gasteiger partial charge >= 0.3 is 5.97 Å². The van der Waals surface area contributed by atoms with Crippen LogP contribution in [0, 0.1) is 5.41 Å². The SMILES string of the molecule is CCC(C)(C)C(=O)OC[N+](C)(C)C. The zero-order valence-electron chi connectivity index (χ0n) is 9.68. The molecule has 3 heteroatoms. The highest BCUT2D eigenvalue weighted by Crippen LogP contribution is 2.21. The van der Waals surface area contributed by atoms with Crippen LogP contribution in [-0.4, -0.2) is 38.3 Å². The molecule has 0 aliphatic rings. The summed E-state index contributed by atoms with van der Waals surface area (Å²) in [6, 6.07) is 0. The van der Waals surface area contributed by atoms with Crippen LogP contribution in [0.25, 0.3) is 0 Å². The summed E-state index contributed by atoms with van der Waals surface area (Å²) in [5.41, 5.74) is -0.352. The highest BCUT2D eigenvalue weighted by atomic mass is 16.5. The summed E-state index contributed by atoms with van der Waals surface area (Å²) in [5, 5.41) is 0. The standard InChI is InChI=1S/C10H22NO2/c1-7-10(2,3)9(12)13-8-11(4,5)6/h7-8H2,1-6H3/q+1. The fourth-order valence-corrected chi connectivity index (χ4v) is 0.592. The zero-order valence-corrected chi connectivity index (χ0v) is 9.68. The summed E-state index contributed by atoms with van der Waals surface area (Å²) in [6.45, 7) is 6.24. The Morgan fingerprint density at radius 2 is 1.77 bits per heavy atom. The molecule has 13 heavy (non-hydrogen) atoms. The molecule has 0 radical (unpaired) electrons. The number of quaternary nitrogens is 1. The van der Waals surface area contributed by atoms with Crippen LogP contribution in [0.1, 0.15) is 27.2 Å². The van der Waals surface area contributed by atoms with Crippen molar-refractivity contribution in [1.82, 2.24) is 0 Å². The number of rotatable bonds is 4. The Hall–Kier alpha value is -0.570. The van der Waals surface area contributed by atoms with Gasteiger partial charge in [-0.15, -0.1) is 0 Å². The summed E-state index contributed by atoms with van der Waals surface area (Å²) < 4.78 is 5.84. The average Bonchev–Trinajstić information content (AvgIpc) is 1.98. The molecule has 0 bridgehead atoms. The largest absolute Gasteiger partial charge is 0.415 e. The average molecular weight is 188 g/mol. The van der Waals surface area contributed by atoms with E-state index in [1.165, 1.54) is 0 Å². The highest BCUT2D eigenvalue weighted by molar-refractivity contribution is 5.75. The van der Waals surface area contributed by atoms with Gasteiger partial charge < -0.3 is 4.74 Å². The van der Waals surface area contributed by atoms with E-state index in [1.54, 1.807) is 0 Å². The lowest BCUT2D eigenvalue weighted by atomic mass is 9.91. The van der Waals surface area contributed by atoms with Crippen molar-refractivity contribution in [3.8, 4) is 0 Å². The van der Waals surface area contributed by atoms with Gasteiger partial charge in [-0.2, -0.15) is 0 Å². The van der Waals surface area contributed by atoms with Gasteiger partial charge in [-0.1, -0.05) is 6.92 Å². The third-order valence-corrected chi connectivity index (χ3v) is 2.02. The Morgan fingerprint density at radius 1 is 1.31 bits per heavy atom. The lowest BCUT2D eigenvalue weighted by Crippen LogP contribution is -2.40. The van der Waals surface area contributed by atoms with Crippen molar-refractivity contribution in [3.63, 3.8) is 0 Å². The Morgan fingerprint density at radius 3 is 2.08 bits per heavy atom. The summed E-state index contributed by atoms with van der Waals surface area (Å²) in [4.78, 5) is 11.5. The molecule has 0 rings (SSSR count). The zero-order chi connectivity index (χ0) is 10.7. The normalized spacial score (nSPS) is 12.8. The fraction of sp³-hybridized carbons (Fsp3) is 0.900. The first-order valence-corrected chi connectivity index (χ1v) is 4.67. The van der Waals surface area contributed by atoms with Gasteiger partial charge in [0.1, 0.15) is 0 Å². The molecule has 78 valence electrons. The van der Waals surface area contributed by atoms with E-state index in [9.17, 15) is 4.79 Å². The fourth-order valence-electron chi connectivity index (χ4n) is 0.592. The van der Waals surface area contributed by atoms with Crippen LogP contribution >= 0.6 is 0 Å². The minimum Gasteiger partial charge on any atom is -0.415 e. The van der Waals surface area contributed by atoms with Gasteiger partial charge in [0.2, 0.25) is 6.73 Å². The van der Waals surface area contributed by atoms with E-state index < -0.39 is 0 Å². The number of nitrogens with zero attached hydrogens (tertiary/aromatic N) is 1. The van der Waals surface area contributed by atoms with E-state index in [-0.39, 0.29) is 11.4 Å². The second-order valence-corrected chi connectivity index (χ2v) is 5.09. The quantitative estimate of drug-likeness (QED) is 0.381. The molecule has 0 aromatic rings. The maximum absolute atomic E-state index is 11.5. The minimum absolute atomic E-state index is 0.108. The molecule has 3 nitrogen and oxygen atoms in total. The summed E-state index contributed by atoms with van der Waals surface area (Å²) in [5.74, 6) is -0.108. The second kappa shape index (κ2) is 4.09. The Bertz CT molecular complexity index is 180. The highest BCUT2D eigenvalue weighted by Gasteiger charge is 2.28. The van der Waals surface area contributed by atoms with Crippen LogP contribution in [-0.2, 0) is 9.53 Å². The number of carbonyl (C=O) groups is 1. The summed E-state index contributed by atoms with van der Waals surface area (Å²) in [7, 11) is 5.98. The molecule has 0 heterocycles. The number of carbonyl (C=O) groups excluding carboxylic acids is 1.